The Morgan fingerprint density at radius 1 is 1.42 bits per heavy atom. The summed E-state index contributed by atoms with van der Waals surface area (Å²) in [5.41, 5.74) is 7.22. The Morgan fingerprint density at radius 2 is 2.05 bits per heavy atom. The molecule has 0 saturated carbocycles. The molecule has 0 aliphatic heterocycles. The van der Waals surface area contributed by atoms with Crippen LogP contribution in [0.3, 0.4) is 0 Å². The van der Waals surface area contributed by atoms with Crippen molar-refractivity contribution in [1.82, 2.24) is 4.90 Å². The number of nitrogens with zero attached hydrogens (tertiary/aromatic N) is 1. The highest BCUT2D eigenvalue weighted by atomic mass is 16.2. The number of carbonyl (C=O) groups excluding carboxylic acids is 1. The van der Waals surface area contributed by atoms with E-state index in [1.165, 1.54) is 0 Å². The van der Waals surface area contributed by atoms with E-state index < -0.39 is 0 Å². The standard InChI is InChI=1S/C15H20N2O2/c1-12(10-15(16)19)17(2)11-14-7-5-13(6-8-14)4-3-9-18/h5-8,12,18H,9-11H2,1-2H3,(H2,16,19). The maximum atomic E-state index is 10.9. The minimum Gasteiger partial charge on any atom is -0.384 e. The Kier molecular flexibility index (Phi) is 6.07. The van der Waals surface area contributed by atoms with Crippen LogP contribution in [0.15, 0.2) is 24.3 Å². The summed E-state index contributed by atoms with van der Waals surface area (Å²) >= 11 is 0. The third-order valence-corrected chi connectivity index (χ3v) is 2.95. The second-order valence-electron chi connectivity index (χ2n) is 4.59. The molecule has 4 heteroatoms. The van der Waals surface area contributed by atoms with Crippen LogP contribution in [0.2, 0.25) is 0 Å². The Balaban J connectivity index is 2.59. The molecule has 0 aliphatic rings. The lowest BCUT2D eigenvalue weighted by atomic mass is 10.1. The lowest BCUT2D eigenvalue weighted by Crippen LogP contribution is -2.32. The van der Waals surface area contributed by atoms with E-state index in [0.717, 1.165) is 17.7 Å². The maximum Gasteiger partial charge on any atom is 0.218 e. The predicted molar refractivity (Wildman–Crippen MR) is 75.1 cm³/mol. The number of aliphatic hydroxyl groups excluding tert-OH is 1. The smallest absolute Gasteiger partial charge is 0.218 e. The van der Waals surface area contributed by atoms with E-state index in [2.05, 4.69) is 16.7 Å². The number of rotatable bonds is 5. The van der Waals surface area contributed by atoms with Crippen LogP contribution >= 0.6 is 0 Å². The summed E-state index contributed by atoms with van der Waals surface area (Å²) in [6, 6.07) is 7.95. The number of aliphatic hydroxyl groups is 1. The fraction of sp³-hybridized carbons (Fsp3) is 0.400. The first-order chi connectivity index (χ1) is 9.02. The third kappa shape index (κ3) is 5.56. The number of hydrogen-bond acceptors (Lipinski definition) is 3. The molecule has 1 rings (SSSR count). The molecule has 0 spiro atoms. The molecule has 0 radical (unpaired) electrons. The fourth-order valence-electron chi connectivity index (χ4n) is 1.73. The lowest BCUT2D eigenvalue weighted by molar-refractivity contribution is -0.119. The Labute approximate surface area is 114 Å². The minimum atomic E-state index is -0.283. The highest BCUT2D eigenvalue weighted by Gasteiger charge is 2.11. The lowest BCUT2D eigenvalue weighted by Gasteiger charge is -2.23. The third-order valence-electron chi connectivity index (χ3n) is 2.95. The summed E-state index contributed by atoms with van der Waals surface area (Å²) in [7, 11) is 1.97. The molecule has 3 N–H and O–H groups in total. The van der Waals surface area contributed by atoms with E-state index in [9.17, 15) is 4.79 Å². The van der Waals surface area contributed by atoms with E-state index in [1.807, 2.05) is 38.2 Å². The number of nitrogens with two attached hydrogens (primary N) is 1. The summed E-state index contributed by atoms with van der Waals surface area (Å²) in [4.78, 5) is 13.0. The maximum absolute atomic E-state index is 10.9. The van der Waals surface area contributed by atoms with Crippen molar-refractivity contribution >= 4 is 5.91 Å². The molecule has 0 aromatic heterocycles. The highest BCUT2D eigenvalue weighted by Crippen LogP contribution is 2.09. The molecule has 1 aromatic carbocycles. The summed E-state index contributed by atoms with van der Waals surface area (Å²) in [6.07, 6.45) is 0.358. The molecular weight excluding hydrogens is 240 g/mol. The average molecular weight is 260 g/mol. The van der Waals surface area contributed by atoms with Crippen LogP contribution in [-0.2, 0) is 11.3 Å². The van der Waals surface area contributed by atoms with E-state index in [1.54, 1.807) is 0 Å². The van der Waals surface area contributed by atoms with Gasteiger partial charge in [-0.05, 0) is 31.7 Å². The van der Waals surface area contributed by atoms with Gasteiger partial charge in [0.1, 0.15) is 6.61 Å². The Hall–Kier alpha value is -1.83. The molecular formula is C15H20N2O2. The summed E-state index contributed by atoms with van der Waals surface area (Å²) < 4.78 is 0. The van der Waals surface area contributed by atoms with Gasteiger partial charge in [0.15, 0.2) is 0 Å². The van der Waals surface area contributed by atoms with Crippen molar-refractivity contribution in [1.29, 1.82) is 0 Å². The van der Waals surface area contributed by atoms with Crippen LogP contribution in [-0.4, -0.2) is 35.6 Å². The minimum absolute atomic E-state index is 0.117. The first kappa shape index (κ1) is 15.2. The van der Waals surface area contributed by atoms with Crippen molar-refractivity contribution < 1.29 is 9.90 Å². The number of amides is 1. The van der Waals surface area contributed by atoms with Gasteiger partial charge in [-0.25, -0.2) is 0 Å². The van der Waals surface area contributed by atoms with Crippen molar-refractivity contribution in [3.8, 4) is 11.8 Å². The number of primary amides is 1. The van der Waals surface area contributed by atoms with Crippen molar-refractivity contribution in [2.75, 3.05) is 13.7 Å². The van der Waals surface area contributed by atoms with Crippen molar-refractivity contribution in [2.45, 2.75) is 25.9 Å². The first-order valence-electron chi connectivity index (χ1n) is 6.20. The van der Waals surface area contributed by atoms with Gasteiger partial charge in [0.25, 0.3) is 0 Å². The van der Waals surface area contributed by atoms with Gasteiger partial charge in [0, 0.05) is 24.6 Å². The molecule has 0 heterocycles. The second-order valence-corrected chi connectivity index (χ2v) is 4.59. The van der Waals surface area contributed by atoms with Crippen LogP contribution in [0.5, 0.6) is 0 Å². The molecule has 0 bridgehead atoms. The van der Waals surface area contributed by atoms with Crippen LogP contribution in [0.4, 0.5) is 0 Å². The van der Waals surface area contributed by atoms with E-state index in [-0.39, 0.29) is 18.6 Å². The van der Waals surface area contributed by atoms with Crippen LogP contribution in [0.1, 0.15) is 24.5 Å². The first-order valence-corrected chi connectivity index (χ1v) is 6.20. The fourth-order valence-corrected chi connectivity index (χ4v) is 1.73. The highest BCUT2D eigenvalue weighted by molar-refractivity contribution is 5.74. The van der Waals surface area contributed by atoms with Crippen molar-refractivity contribution in [3.05, 3.63) is 35.4 Å². The SMILES string of the molecule is CC(CC(N)=O)N(C)Cc1ccc(C#CCO)cc1. The van der Waals surface area contributed by atoms with E-state index in [4.69, 9.17) is 10.8 Å². The van der Waals surface area contributed by atoms with Gasteiger partial charge < -0.3 is 10.8 Å². The van der Waals surface area contributed by atoms with Crippen LogP contribution in [0.25, 0.3) is 0 Å². The average Bonchev–Trinajstić information content (AvgIpc) is 2.37. The molecule has 0 aliphatic carbocycles. The van der Waals surface area contributed by atoms with Gasteiger partial charge in [0.05, 0.1) is 0 Å². The molecule has 4 nitrogen and oxygen atoms in total. The summed E-state index contributed by atoms with van der Waals surface area (Å²) in [5, 5.41) is 8.62. The van der Waals surface area contributed by atoms with Gasteiger partial charge in [-0.1, -0.05) is 24.0 Å². The van der Waals surface area contributed by atoms with Gasteiger partial charge in [0.2, 0.25) is 5.91 Å². The number of hydrogen-bond donors (Lipinski definition) is 2. The van der Waals surface area contributed by atoms with Crippen molar-refractivity contribution in [3.63, 3.8) is 0 Å². The molecule has 19 heavy (non-hydrogen) atoms. The predicted octanol–water partition coefficient (Wildman–Crippen LogP) is 0.726. The van der Waals surface area contributed by atoms with Crippen molar-refractivity contribution in [2.24, 2.45) is 5.73 Å². The molecule has 0 fully saturated rings. The Bertz CT molecular complexity index is 471. The Morgan fingerprint density at radius 3 is 2.58 bits per heavy atom. The van der Waals surface area contributed by atoms with E-state index >= 15 is 0 Å². The normalized spacial score (nSPS) is 11.8. The zero-order chi connectivity index (χ0) is 14.3. The van der Waals surface area contributed by atoms with Crippen LogP contribution < -0.4 is 5.73 Å². The van der Waals surface area contributed by atoms with Gasteiger partial charge >= 0.3 is 0 Å². The van der Waals surface area contributed by atoms with Gasteiger partial charge in [-0.15, -0.1) is 0 Å². The molecule has 1 unspecified atom stereocenters. The topological polar surface area (TPSA) is 66.6 Å². The molecule has 102 valence electrons. The zero-order valence-corrected chi connectivity index (χ0v) is 11.4. The van der Waals surface area contributed by atoms with E-state index in [0.29, 0.717) is 6.42 Å². The second kappa shape index (κ2) is 7.57. The number of benzene rings is 1. The van der Waals surface area contributed by atoms with Gasteiger partial charge in [-0.2, -0.15) is 0 Å². The molecule has 1 amide bonds. The largest absolute Gasteiger partial charge is 0.384 e. The molecule has 1 aromatic rings. The van der Waals surface area contributed by atoms with Crippen LogP contribution in [0, 0.1) is 11.8 Å². The van der Waals surface area contributed by atoms with Gasteiger partial charge in [-0.3, -0.25) is 9.69 Å². The monoisotopic (exact) mass is 260 g/mol. The summed E-state index contributed by atoms with van der Waals surface area (Å²) in [5.74, 6) is 5.17. The molecule has 1 atom stereocenters. The summed E-state index contributed by atoms with van der Waals surface area (Å²) in [6.45, 7) is 2.60. The molecule has 0 saturated heterocycles. The number of carbonyl (C=O) groups is 1. The zero-order valence-electron chi connectivity index (χ0n) is 11.4. The quantitative estimate of drug-likeness (QED) is 0.767.